The number of halogens is 2. The molecule has 1 amide bonds. The molecule has 79 heavy (non-hydrogen) atoms. The minimum absolute atomic E-state index is 0.0650. The predicted molar refractivity (Wildman–Crippen MR) is 323 cm³/mol. The molecule has 17 heteroatoms. The maximum atomic E-state index is 12.9. The number of aryl methyl sites for hydroxylation is 3. The number of hydrogen-bond donors (Lipinski definition) is 4. The predicted octanol–water partition coefficient (Wildman–Crippen LogP) is 16.4. The van der Waals surface area contributed by atoms with Crippen molar-refractivity contribution in [3.63, 3.8) is 0 Å². The molecule has 0 saturated carbocycles. The molecule has 4 aromatic heterocycles. The number of anilines is 1. The number of esters is 1. The number of benzene rings is 2. The molecule has 2 aromatic carbocycles. The first-order chi connectivity index (χ1) is 38.5. The summed E-state index contributed by atoms with van der Waals surface area (Å²) in [6.45, 7) is 13.8. The first kappa shape index (κ1) is 64.7. The van der Waals surface area contributed by atoms with Crippen LogP contribution in [0.2, 0.25) is 10.0 Å². The van der Waals surface area contributed by atoms with Crippen LogP contribution >= 0.6 is 23.2 Å². The summed E-state index contributed by atoms with van der Waals surface area (Å²) < 4.78 is 20.1. The molecule has 0 radical (unpaired) electrons. The Morgan fingerprint density at radius 1 is 0.646 bits per heavy atom. The summed E-state index contributed by atoms with van der Waals surface area (Å²) >= 11 is 12.5. The Morgan fingerprint density at radius 2 is 1.18 bits per heavy atom. The van der Waals surface area contributed by atoms with Crippen molar-refractivity contribution in [2.75, 3.05) is 31.8 Å². The Bertz CT molecular complexity index is 2610. The minimum Gasteiger partial charge on any atom is -0.481 e. The van der Waals surface area contributed by atoms with Crippen LogP contribution in [-0.4, -0.2) is 84.1 Å². The fourth-order valence-electron chi connectivity index (χ4n) is 9.53. The molecule has 438 valence electrons. The van der Waals surface area contributed by atoms with E-state index in [9.17, 15) is 9.59 Å². The molecule has 4 heterocycles. The van der Waals surface area contributed by atoms with Crippen LogP contribution in [0.4, 0.5) is 5.69 Å². The van der Waals surface area contributed by atoms with E-state index < -0.39 is 6.10 Å². The van der Waals surface area contributed by atoms with Crippen molar-refractivity contribution in [2.45, 2.75) is 233 Å². The Kier molecular flexibility index (Phi) is 30.9. The number of H-pyrrole nitrogens is 2. The van der Waals surface area contributed by atoms with E-state index in [1.807, 2.05) is 64.1 Å². The summed E-state index contributed by atoms with van der Waals surface area (Å²) in [6.07, 6.45) is 34.6. The number of ether oxygens (including phenoxy) is 3. The maximum absolute atomic E-state index is 12.9. The molecular formula is C62H96Cl2N10O5. The zero-order valence-electron chi connectivity index (χ0n) is 48.9. The first-order valence-electron chi connectivity index (χ1n) is 30.3. The van der Waals surface area contributed by atoms with Gasteiger partial charge >= 0.3 is 5.97 Å². The second-order valence-corrected chi connectivity index (χ2v) is 22.2. The number of rotatable bonds is 41. The lowest BCUT2D eigenvalue weighted by molar-refractivity contribution is -0.145. The fraction of sp³-hybridized carbons (Fsp3) is 0.645. The minimum atomic E-state index is -0.546. The van der Waals surface area contributed by atoms with Crippen molar-refractivity contribution >= 4 is 52.1 Å². The molecule has 0 aliphatic carbocycles. The summed E-state index contributed by atoms with van der Waals surface area (Å²) in [5, 5.41) is 22.4. The van der Waals surface area contributed by atoms with Gasteiger partial charge in [0.2, 0.25) is 0 Å². The molecule has 0 saturated heterocycles. The Balaban J connectivity index is 0.000000291. The summed E-state index contributed by atoms with van der Waals surface area (Å²) in [5.41, 5.74) is 5.93. The van der Waals surface area contributed by atoms with Gasteiger partial charge in [-0.3, -0.25) is 19.8 Å². The van der Waals surface area contributed by atoms with Crippen molar-refractivity contribution in [3.8, 4) is 17.1 Å². The largest absolute Gasteiger partial charge is 0.481 e. The van der Waals surface area contributed by atoms with Gasteiger partial charge in [0, 0.05) is 23.7 Å². The van der Waals surface area contributed by atoms with E-state index in [0.29, 0.717) is 65.9 Å². The fourth-order valence-corrected chi connectivity index (χ4v) is 9.86. The lowest BCUT2D eigenvalue weighted by Gasteiger charge is -2.19. The SMILES string of the molecule is CCCCCCCCCCCCCCCc1cccc(OC(CC)C(=O)NCC(C)c2nc3c(Cl)c(C)[nH]n3n2)c1.CCCCCCCCCCCCCCOC(=O)CCOCNc1ccc(-c2nc3c(Cl)c(C)[nH]n3n2)cc1. The molecule has 0 aliphatic rings. The van der Waals surface area contributed by atoms with Crippen LogP contribution in [0.1, 0.15) is 230 Å². The van der Waals surface area contributed by atoms with Crippen LogP contribution in [0.25, 0.3) is 22.7 Å². The van der Waals surface area contributed by atoms with Crippen LogP contribution < -0.4 is 15.4 Å². The number of carbonyl (C=O) groups excluding carboxylic acids is 2. The van der Waals surface area contributed by atoms with E-state index in [4.69, 9.17) is 37.4 Å². The highest BCUT2D eigenvalue weighted by Gasteiger charge is 2.22. The van der Waals surface area contributed by atoms with Crippen LogP contribution in [0, 0.1) is 13.8 Å². The number of aromatic amines is 2. The Labute approximate surface area is 482 Å². The number of amides is 1. The molecule has 2 atom stereocenters. The molecule has 6 aromatic rings. The molecule has 0 aliphatic heterocycles. The van der Waals surface area contributed by atoms with Crippen LogP contribution in [0.3, 0.4) is 0 Å². The second-order valence-electron chi connectivity index (χ2n) is 21.4. The number of hydrogen-bond acceptors (Lipinski definition) is 10. The third-order valence-electron chi connectivity index (χ3n) is 14.5. The van der Waals surface area contributed by atoms with Crippen LogP contribution in [-0.2, 0) is 25.5 Å². The normalized spacial score (nSPS) is 12.2. The molecular weight excluding hydrogens is 1040 g/mol. The lowest BCUT2D eigenvalue weighted by Crippen LogP contribution is -2.39. The van der Waals surface area contributed by atoms with Gasteiger partial charge in [0.1, 0.15) is 22.5 Å². The van der Waals surface area contributed by atoms with Gasteiger partial charge < -0.3 is 24.8 Å². The van der Waals surface area contributed by atoms with E-state index in [1.54, 1.807) is 9.26 Å². The first-order valence-corrected chi connectivity index (χ1v) is 31.1. The monoisotopic (exact) mass is 1130 g/mol. The zero-order valence-corrected chi connectivity index (χ0v) is 50.4. The molecule has 0 spiro atoms. The topological polar surface area (TPSA) is 178 Å². The van der Waals surface area contributed by atoms with Gasteiger partial charge in [0.15, 0.2) is 29.0 Å². The van der Waals surface area contributed by atoms with Gasteiger partial charge in [-0.1, -0.05) is 211 Å². The molecule has 4 N–H and O–H groups in total. The Hall–Kier alpha value is -5.12. The molecule has 6 rings (SSSR count). The van der Waals surface area contributed by atoms with Crippen molar-refractivity contribution in [2.24, 2.45) is 0 Å². The van der Waals surface area contributed by atoms with Gasteiger partial charge in [0.25, 0.3) is 5.91 Å². The van der Waals surface area contributed by atoms with Crippen molar-refractivity contribution in [1.82, 2.24) is 44.9 Å². The number of nitrogens with one attached hydrogen (secondary N) is 4. The van der Waals surface area contributed by atoms with E-state index >= 15 is 0 Å². The molecule has 0 fully saturated rings. The van der Waals surface area contributed by atoms with Gasteiger partial charge in [-0.25, -0.2) is 9.97 Å². The third-order valence-corrected chi connectivity index (χ3v) is 15.4. The number of fused-ring (bicyclic) bond motifs is 2. The average molecular weight is 1130 g/mol. The van der Waals surface area contributed by atoms with Gasteiger partial charge in [0.05, 0.1) is 31.0 Å². The summed E-state index contributed by atoms with van der Waals surface area (Å²) in [4.78, 5) is 33.8. The second kappa shape index (κ2) is 37.7. The van der Waals surface area contributed by atoms with Gasteiger partial charge in [-0.05, 0) is 81.5 Å². The highest BCUT2D eigenvalue weighted by Crippen LogP contribution is 2.26. The standard InChI is InChI=1S/C33H52ClN5O2.C29H44ClN5O3/c1-5-7-8-9-10-11-12-13-14-15-16-17-18-20-27-21-19-22-28(23-27)41-29(6-2)33(40)35-24-25(3)31-36-32-30(34)26(4)37-39(32)38-31;1-3-4-5-6-7-8-9-10-11-12-13-14-20-38-26(36)19-21-37-22-31-25-17-15-24(16-18-25)28-32-29-27(30)23(2)33-35(29)34-28/h19,21-23,25,29,37H,5-18,20,24H2,1-4H3,(H,35,40);15-18,31,33H,3-14,19-22H2,1-2H3. The highest BCUT2D eigenvalue weighted by molar-refractivity contribution is 6.34. The third kappa shape index (κ3) is 23.9. The van der Waals surface area contributed by atoms with Crippen molar-refractivity contribution in [3.05, 3.63) is 81.4 Å². The zero-order chi connectivity index (χ0) is 56.5. The lowest BCUT2D eigenvalue weighted by atomic mass is 10.0. The summed E-state index contributed by atoms with van der Waals surface area (Å²) in [5.74, 6) is 1.60. The average Bonchev–Trinajstić information content (AvgIpc) is 4.24. The number of aromatic nitrogens is 8. The number of nitrogens with zero attached hydrogens (tertiary/aromatic N) is 6. The van der Waals surface area contributed by atoms with E-state index in [2.05, 4.69) is 67.0 Å². The van der Waals surface area contributed by atoms with Gasteiger partial charge in [-0.15, -0.1) is 10.2 Å². The van der Waals surface area contributed by atoms with E-state index in [0.717, 1.165) is 47.7 Å². The maximum Gasteiger partial charge on any atom is 0.308 e. The van der Waals surface area contributed by atoms with Crippen LogP contribution in [0.5, 0.6) is 5.75 Å². The van der Waals surface area contributed by atoms with E-state index in [1.165, 1.54) is 153 Å². The van der Waals surface area contributed by atoms with E-state index in [-0.39, 0.29) is 24.2 Å². The Morgan fingerprint density at radius 3 is 1.72 bits per heavy atom. The van der Waals surface area contributed by atoms with Crippen LogP contribution in [0.15, 0.2) is 48.5 Å². The summed E-state index contributed by atoms with van der Waals surface area (Å²) in [7, 11) is 0. The molecule has 0 bridgehead atoms. The number of carbonyl (C=O) groups is 2. The molecule has 15 nitrogen and oxygen atoms in total. The highest BCUT2D eigenvalue weighted by atomic mass is 35.5. The number of unbranched alkanes of at least 4 members (excludes halogenated alkanes) is 23. The summed E-state index contributed by atoms with van der Waals surface area (Å²) in [6, 6.07) is 15.9. The smallest absolute Gasteiger partial charge is 0.308 e. The quantitative estimate of drug-likeness (QED) is 0.0164. The van der Waals surface area contributed by atoms with Crippen molar-refractivity contribution < 1.29 is 23.8 Å². The van der Waals surface area contributed by atoms with Crippen molar-refractivity contribution in [1.29, 1.82) is 0 Å². The molecule has 2 unspecified atom stereocenters. The van der Waals surface area contributed by atoms with Gasteiger partial charge in [-0.2, -0.15) is 9.26 Å².